The molecule has 0 bridgehead atoms. The third-order valence-corrected chi connectivity index (χ3v) is 7.42. The van der Waals surface area contributed by atoms with Gasteiger partial charge in [0.15, 0.2) is 0 Å². The molecule has 2 fully saturated rings. The number of amides is 1. The second-order valence-corrected chi connectivity index (χ2v) is 10.4. The highest BCUT2D eigenvalue weighted by Gasteiger charge is 2.42. The van der Waals surface area contributed by atoms with Gasteiger partial charge in [-0.15, -0.1) is 0 Å². The van der Waals surface area contributed by atoms with Crippen molar-refractivity contribution in [1.82, 2.24) is 9.62 Å². The number of sulfonamides is 1. The van der Waals surface area contributed by atoms with Crippen molar-refractivity contribution in [2.45, 2.75) is 56.2 Å². The molecule has 0 saturated carbocycles. The average molecular weight is 422 g/mol. The standard InChI is InChI=1S/C20H27N3O5S/c1-20(2)11-14(19(25)28-20)10-17(24)23-9-5-6-13(12-23)18-21-15-7-3-4-8-16(15)29(26,27)22-18/h3-4,7-8,13-14,18,21-22H,5-6,9-12H2,1-2H3/t13-,14-,18+/m0/s1. The number of hydrogen-bond donors (Lipinski definition) is 2. The third-order valence-electron chi connectivity index (χ3n) is 5.92. The molecule has 2 N–H and O–H groups in total. The number of nitrogens with zero attached hydrogens (tertiary/aromatic N) is 1. The molecule has 8 nitrogen and oxygen atoms in total. The minimum Gasteiger partial charge on any atom is -0.459 e. The molecule has 3 heterocycles. The normalized spacial score (nSPS) is 30.2. The van der Waals surface area contributed by atoms with Crippen LogP contribution in [0, 0.1) is 11.8 Å². The van der Waals surface area contributed by atoms with Gasteiger partial charge in [-0.05, 0) is 38.8 Å². The summed E-state index contributed by atoms with van der Waals surface area (Å²) in [4.78, 5) is 26.8. The van der Waals surface area contributed by atoms with Gasteiger partial charge >= 0.3 is 5.97 Å². The number of rotatable bonds is 3. The fourth-order valence-corrected chi connectivity index (χ4v) is 5.93. The maximum Gasteiger partial charge on any atom is 0.310 e. The van der Waals surface area contributed by atoms with Gasteiger partial charge in [-0.2, -0.15) is 4.72 Å². The summed E-state index contributed by atoms with van der Waals surface area (Å²) in [7, 11) is -3.59. The van der Waals surface area contributed by atoms with E-state index in [2.05, 4.69) is 10.0 Å². The van der Waals surface area contributed by atoms with E-state index in [1.165, 1.54) is 0 Å². The number of hydrogen-bond acceptors (Lipinski definition) is 6. The van der Waals surface area contributed by atoms with Gasteiger partial charge in [0.2, 0.25) is 15.9 Å². The maximum absolute atomic E-state index is 12.8. The number of benzene rings is 1. The van der Waals surface area contributed by atoms with Crippen molar-refractivity contribution in [2.24, 2.45) is 11.8 Å². The molecule has 9 heteroatoms. The number of para-hydroxylation sites is 1. The molecule has 1 aromatic carbocycles. The number of ether oxygens (including phenoxy) is 1. The van der Waals surface area contributed by atoms with Crippen molar-refractivity contribution in [3.63, 3.8) is 0 Å². The molecule has 158 valence electrons. The number of cyclic esters (lactones) is 1. The van der Waals surface area contributed by atoms with Crippen molar-refractivity contribution >= 4 is 27.6 Å². The number of carbonyl (C=O) groups excluding carboxylic acids is 2. The predicted molar refractivity (Wildman–Crippen MR) is 106 cm³/mol. The highest BCUT2D eigenvalue weighted by molar-refractivity contribution is 7.89. The minimum atomic E-state index is -3.59. The van der Waals surface area contributed by atoms with Gasteiger partial charge in [-0.25, -0.2) is 8.42 Å². The molecule has 0 spiro atoms. The Morgan fingerprint density at radius 3 is 2.79 bits per heavy atom. The van der Waals surface area contributed by atoms with Crippen molar-refractivity contribution in [2.75, 3.05) is 18.4 Å². The number of carbonyl (C=O) groups is 2. The van der Waals surface area contributed by atoms with E-state index in [1.54, 1.807) is 29.2 Å². The third kappa shape index (κ3) is 4.11. The zero-order valence-corrected chi connectivity index (χ0v) is 17.5. The summed E-state index contributed by atoms with van der Waals surface area (Å²) >= 11 is 0. The first kappa shape index (κ1) is 20.2. The Balaban J connectivity index is 1.43. The number of likely N-dealkylation sites (tertiary alicyclic amines) is 1. The summed E-state index contributed by atoms with van der Waals surface area (Å²) in [6.45, 7) is 4.78. The quantitative estimate of drug-likeness (QED) is 0.720. The van der Waals surface area contributed by atoms with E-state index in [4.69, 9.17) is 4.74 Å². The minimum absolute atomic E-state index is 0.0530. The van der Waals surface area contributed by atoms with Gasteiger partial charge in [-0.1, -0.05) is 12.1 Å². The molecular weight excluding hydrogens is 394 g/mol. The van der Waals surface area contributed by atoms with Gasteiger partial charge in [-0.3, -0.25) is 9.59 Å². The smallest absolute Gasteiger partial charge is 0.310 e. The lowest BCUT2D eigenvalue weighted by Crippen LogP contribution is -2.54. The van der Waals surface area contributed by atoms with E-state index >= 15 is 0 Å². The van der Waals surface area contributed by atoms with Gasteiger partial charge in [0.25, 0.3) is 0 Å². The molecule has 1 aromatic rings. The van der Waals surface area contributed by atoms with Crippen LogP contribution in [0.15, 0.2) is 29.2 Å². The Labute approximate surface area is 171 Å². The molecule has 0 unspecified atom stereocenters. The van der Waals surface area contributed by atoms with Crippen LogP contribution in [0.1, 0.15) is 39.5 Å². The molecular formula is C20H27N3O5S. The summed E-state index contributed by atoms with van der Waals surface area (Å²) in [6, 6.07) is 6.80. The molecule has 0 aromatic heterocycles. The van der Waals surface area contributed by atoms with E-state index in [1.807, 2.05) is 13.8 Å². The largest absolute Gasteiger partial charge is 0.459 e. The van der Waals surface area contributed by atoms with Gasteiger partial charge < -0.3 is 15.0 Å². The number of anilines is 1. The topological polar surface area (TPSA) is 105 Å². The Morgan fingerprint density at radius 1 is 1.31 bits per heavy atom. The van der Waals surface area contributed by atoms with Crippen LogP contribution in [0.5, 0.6) is 0 Å². The monoisotopic (exact) mass is 421 g/mol. The summed E-state index contributed by atoms with van der Waals surface area (Å²) in [5.74, 6) is -0.845. The van der Waals surface area contributed by atoms with Crippen molar-refractivity contribution in [3.8, 4) is 0 Å². The second-order valence-electron chi connectivity index (χ2n) is 8.77. The first-order valence-electron chi connectivity index (χ1n) is 10.0. The summed E-state index contributed by atoms with van der Waals surface area (Å²) in [5.41, 5.74) is 0.0556. The van der Waals surface area contributed by atoms with Crippen LogP contribution in [0.2, 0.25) is 0 Å². The van der Waals surface area contributed by atoms with E-state index in [0.29, 0.717) is 25.2 Å². The van der Waals surface area contributed by atoms with Gasteiger partial charge in [0.1, 0.15) is 10.5 Å². The van der Waals surface area contributed by atoms with E-state index < -0.39 is 27.7 Å². The maximum atomic E-state index is 12.8. The van der Waals surface area contributed by atoms with Crippen LogP contribution in [-0.4, -0.2) is 50.1 Å². The van der Waals surface area contributed by atoms with Gasteiger partial charge in [0, 0.05) is 31.8 Å². The summed E-state index contributed by atoms with van der Waals surface area (Å²) in [5, 5.41) is 3.27. The lowest BCUT2D eigenvalue weighted by molar-refractivity contribution is -0.150. The number of nitrogens with one attached hydrogen (secondary N) is 2. The second kappa shape index (κ2) is 7.28. The molecule has 0 aliphatic carbocycles. The van der Waals surface area contributed by atoms with Gasteiger partial charge in [0.05, 0.1) is 17.8 Å². The molecule has 3 atom stereocenters. The fraction of sp³-hybridized carbons (Fsp3) is 0.600. The first-order valence-corrected chi connectivity index (χ1v) is 11.5. The Hall–Kier alpha value is -2.13. The molecule has 0 radical (unpaired) electrons. The molecule has 4 rings (SSSR count). The van der Waals surface area contributed by atoms with Crippen molar-refractivity contribution in [1.29, 1.82) is 0 Å². The zero-order chi connectivity index (χ0) is 20.8. The molecule has 29 heavy (non-hydrogen) atoms. The molecule has 1 amide bonds. The van der Waals surface area contributed by atoms with Crippen LogP contribution in [-0.2, 0) is 24.3 Å². The van der Waals surface area contributed by atoms with Crippen molar-refractivity contribution < 1.29 is 22.7 Å². The van der Waals surface area contributed by atoms with Crippen LogP contribution in [0.25, 0.3) is 0 Å². The molecule has 3 aliphatic heterocycles. The zero-order valence-electron chi connectivity index (χ0n) is 16.7. The number of esters is 1. The highest BCUT2D eigenvalue weighted by Crippen LogP contribution is 2.34. The SMILES string of the molecule is CC1(C)C[C@H](CC(=O)N2CCC[C@H]([C@@H]3Nc4ccccc4S(=O)(=O)N3)C2)C(=O)O1. The Bertz CT molecular complexity index is 930. The van der Waals surface area contributed by atoms with E-state index in [-0.39, 0.29) is 29.1 Å². The Morgan fingerprint density at radius 2 is 2.07 bits per heavy atom. The highest BCUT2D eigenvalue weighted by atomic mass is 32.2. The average Bonchev–Trinajstić information content (AvgIpc) is 2.92. The number of piperidine rings is 1. The summed E-state index contributed by atoms with van der Waals surface area (Å²) < 4.78 is 33.2. The van der Waals surface area contributed by atoms with Crippen LogP contribution in [0.3, 0.4) is 0 Å². The van der Waals surface area contributed by atoms with Crippen molar-refractivity contribution in [3.05, 3.63) is 24.3 Å². The molecule has 2 saturated heterocycles. The Kier molecular flexibility index (Phi) is 5.06. The van der Waals surface area contributed by atoms with E-state index in [0.717, 1.165) is 12.8 Å². The van der Waals surface area contributed by atoms with Crippen LogP contribution >= 0.6 is 0 Å². The fourth-order valence-electron chi connectivity index (χ4n) is 4.54. The molecule has 3 aliphatic rings. The lowest BCUT2D eigenvalue weighted by atomic mass is 9.92. The van der Waals surface area contributed by atoms with Crippen LogP contribution < -0.4 is 10.0 Å². The number of fused-ring (bicyclic) bond motifs is 1. The predicted octanol–water partition coefficient (Wildman–Crippen LogP) is 1.69. The summed E-state index contributed by atoms with van der Waals surface area (Å²) in [6.07, 6.45) is 1.81. The van der Waals surface area contributed by atoms with E-state index in [9.17, 15) is 18.0 Å². The van der Waals surface area contributed by atoms with Crippen LogP contribution in [0.4, 0.5) is 5.69 Å². The lowest BCUT2D eigenvalue weighted by Gasteiger charge is -2.39. The first-order chi connectivity index (χ1) is 13.6.